The first-order valence-electron chi connectivity index (χ1n) is 4.95. The minimum absolute atomic E-state index is 0.403. The van der Waals surface area contributed by atoms with E-state index in [2.05, 4.69) is 22.3 Å². The highest BCUT2D eigenvalue weighted by atomic mass is 15.0. The molecule has 74 valence electrons. The Labute approximate surface area is 89.1 Å². The van der Waals surface area contributed by atoms with Gasteiger partial charge in [0, 0.05) is 5.69 Å². The van der Waals surface area contributed by atoms with Crippen LogP contribution in [0.25, 0.3) is 0 Å². The Balaban J connectivity index is 2.37. The van der Waals surface area contributed by atoms with Crippen molar-refractivity contribution in [3.8, 4) is 18.4 Å². The fraction of sp³-hybridized carbons (Fsp3) is 0.333. The van der Waals surface area contributed by atoms with Crippen molar-refractivity contribution in [1.82, 2.24) is 4.98 Å². The molecular formula is C12H11N3. The fourth-order valence-corrected chi connectivity index (χ4v) is 1.83. The smallest absolute Gasteiger partial charge is 0.144 e. The van der Waals surface area contributed by atoms with E-state index >= 15 is 0 Å². The Morgan fingerprint density at radius 1 is 1.53 bits per heavy atom. The van der Waals surface area contributed by atoms with Gasteiger partial charge in [0.05, 0.1) is 12.1 Å². The third-order valence-electron chi connectivity index (χ3n) is 2.53. The number of nitrogens with one attached hydrogen (secondary N) is 1. The van der Waals surface area contributed by atoms with E-state index in [1.165, 1.54) is 5.56 Å². The van der Waals surface area contributed by atoms with Crippen LogP contribution in [0.2, 0.25) is 0 Å². The summed E-state index contributed by atoms with van der Waals surface area (Å²) in [7, 11) is 0. The molecule has 0 aromatic carbocycles. The van der Waals surface area contributed by atoms with Crippen LogP contribution in [0, 0.1) is 23.7 Å². The molecule has 0 aliphatic heterocycles. The van der Waals surface area contributed by atoms with Crippen molar-refractivity contribution in [1.29, 1.82) is 5.26 Å². The van der Waals surface area contributed by atoms with Crippen molar-refractivity contribution >= 4 is 5.82 Å². The zero-order valence-electron chi connectivity index (χ0n) is 8.38. The van der Waals surface area contributed by atoms with Gasteiger partial charge in [-0.3, -0.25) is 0 Å². The maximum atomic E-state index is 8.97. The number of hydrogen-bond donors (Lipinski definition) is 1. The molecule has 0 unspecified atom stereocenters. The Morgan fingerprint density at radius 3 is 3.13 bits per heavy atom. The highest BCUT2D eigenvalue weighted by molar-refractivity contribution is 5.55. The van der Waals surface area contributed by atoms with Crippen molar-refractivity contribution in [2.45, 2.75) is 19.3 Å². The molecule has 3 heteroatoms. The topological polar surface area (TPSA) is 48.7 Å². The molecule has 15 heavy (non-hydrogen) atoms. The van der Waals surface area contributed by atoms with Gasteiger partial charge in [0.25, 0.3) is 0 Å². The summed E-state index contributed by atoms with van der Waals surface area (Å²) in [6.07, 6.45) is 8.33. The molecule has 0 bridgehead atoms. The van der Waals surface area contributed by atoms with Gasteiger partial charge in [0.15, 0.2) is 0 Å². The standard InChI is InChI=1S/C12H11N3/c1-2-6-14-12-10(8-13)7-9-4-3-5-11(9)15-12/h1,7H,3-6H2,(H,14,15). The summed E-state index contributed by atoms with van der Waals surface area (Å²) in [6.45, 7) is 0.403. The van der Waals surface area contributed by atoms with E-state index in [0.29, 0.717) is 17.9 Å². The fourth-order valence-electron chi connectivity index (χ4n) is 1.83. The van der Waals surface area contributed by atoms with Crippen LogP contribution in [0.4, 0.5) is 5.82 Å². The van der Waals surface area contributed by atoms with Gasteiger partial charge in [-0.15, -0.1) is 6.42 Å². The van der Waals surface area contributed by atoms with Crippen molar-refractivity contribution in [2.75, 3.05) is 11.9 Å². The van der Waals surface area contributed by atoms with Crippen molar-refractivity contribution in [2.24, 2.45) is 0 Å². The number of anilines is 1. The predicted molar refractivity (Wildman–Crippen MR) is 58.3 cm³/mol. The number of hydrogen-bond acceptors (Lipinski definition) is 3. The van der Waals surface area contributed by atoms with Gasteiger partial charge in [-0.25, -0.2) is 4.98 Å². The van der Waals surface area contributed by atoms with E-state index < -0.39 is 0 Å². The van der Waals surface area contributed by atoms with Crippen molar-refractivity contribution in [3.05, 3.63) is 22.9 Å². The summed E-state index contributed by atoms with van der Waals surface area (Å²) >= 11 is 0. The first-order chi connectivity index (χ1) is 7.35. The number of aromatic nitrogens is 1. The molecule has 0 fully saturated rings. The van der Waals surface area contributed by atoms with Crippen LogP contribution in [-0.2, 0) is 12.8 Å². The number of aryl methyl sites for hydroxylation is 2. The third kappa shape index (κ3) is 1.78. The highest BCUT2D eigenvalue weighted by Crippen LogP contribution is 2.24. The lowest BCUT2D eigenvalue weighted by Gasteiger charge is -2.06. The van der Waals surface area contributed by atoms with Gasteiger partial charge in [-0.2, -0.15) is 5.26 Å². The van der Waals surface area contributed by atoms with E-state index in [1.807, 2.05) is 6.07 Å². The molecule has 0 saturated heterocycles. The second-order valence-electron chi connectivity index (χ2n) is 3.51. The predicted octanol–water partition coefficient (Wildman–Crippen LogP) is 1.49. The number of pyridine rings is 1. The summed E-state index contributed by atoms with van der Waals surface area (Å²) in [4.78, 5) is 4.43. The number of terminal acetylenes is 1. The monoisotopic (exact) mass is 197 g/mol. The van der Waals surface area contributed by atoms with E-state index in [0.717, 1.165) is 25.0 Å². The van der Waals surface area contributed by atoms with Crippen LogP contribution >= 0.6 is 0 Å². The largest absolute Gasteiger partial charge is 0.358 e. The van der Waals surface area contributed by atoms with Crippen LogP contribution in [0.15, 0.2) is 6.07 Å². The molecule has 1 aliphatic rings. The van der Waals surface area contributed by atoms with Crippen LogP contribution in [0.1, 0.15) is 23.2 Å². The molecule has 0 saturated carbocycles. The van der Waals surface area contributed by atoms with E-state index in [-0.39, 0.29) is 0 Å². The summed E-state index contributed by atoms with van der Waals surface area (Å²) in [5, 5.41) is 11.9. The lowest BCUT2D eigenvalue weighted by molar-refractivity contribution is 0.899. The van der Waals surface area contributed by atoms with Crippen molar-refractivity contribution < 1.29 is 0 Å². The van der Waals surface area contributed by atoms with Crippen LogP contribution < -0.4 is 5.32 Å². The first-order valence-corrected chi connectivity index (χ1v) is 4.95. The number of rotatable bonds is 2. The number of nitriles is 1. The van der Waals surface area contributed by atoms with Gasteiger partial charge < -0.3 is 5.32 Å². The normalized spacial score (nSPS) is 12.7. The molecule has 1 heterocycles. The lowest BCUT2D eigenvalue weighted by Crippen LogP contribution is -2.05. The maximum absolute atomic E-state index is 8.97. The molecule has 1 aromatic rings. The molecule has 1 aliphatic carbocycles. The Kier molecular flexibility index (Phi) is 2.56. The zero-order chi connectivity index (χ0) is 10.7. The summed E-state index contributed by atoms with van der Waals surface area (Å²) in [5.41, 5.74) is 2.90. The lowest BCUT2D eigenvalue weighted by atomic mass is 10.1. The quantitative estimate of drug-likeness (QED) is 0.731. The van der Waals surface area contributed by atoms with Crippen molar-refractivity contribution in [3.63, 3.8) is 0 Å². The third-order valence-corrected chi connectivity index (χ3v) is 2.53. The van der Waals surface area contributed by atoms with Gasteiger partial charge in [-0.1, -0.05) is 5.92 Å². The average Bonchev–Trinajstić information content (AvgIpc) is 2.71. The number of fused-ring (bicyclic) bond motifs is 1. The van der Waals surface area contributed by atoms with Crippen LogP contribution in [0.3, 0.4) is 0 Å². The summed E-state index contributed by atoms with van der Waals surface area (Å²) in [6, 6.07) is 4.07. The van der Waals surface area contributed by atoms with Gasteiger partial charge in [0.2, 0.25) is 0 Å². The van der Waals surface area contributed by atoms with E-state index in [9.17, 15) is 0 Å². The SMILES string of the molecule is C#CCNc1nc2c(cc1C#N)CCC2. The maximum Gasteiger partial charge on any atom is 0.144 e. The Morgan fingerprint density at radius 2 is 2.40 bits per heavy atom. The second-order valence-corrected chi connectivity index (χ2v) is 3.51. The highest BCUT2D eigenvalue weighted by Gasteiger charge is 2.15. The molecule has 1 aromatic heterocycles. The van der Waals surface area contributed by atoms with E-state index in [4.69, 9.17) is 11.7 Å². The average molecular weight is 197 g/mol. The van der Waals surface area contributed by atoms with E-state index in [1.54, 1.807) is 0 Å². The van der Waals surface area contributed by atoms with Gasteiger partial charge >= 0.3 is 0 Å². The molecule has 1 N–H and O–H groups in total. The minimum Gasteiger partial charge on any atom is -0.358 e. The molecule has 3 nitrogen and oxygen atoms in total. The molecule has 0 spiro atoms. The molecule has 0 amide bonds. The van der Waals surface area contributed by atoms with Gasteiger partial charge in [-0.05, 0) is 30.9 Å². The van der Waals surface area contributed by atoms with Crippen LogP contribution in [-0.4, -0.2) is 11.5 Å². The molecule has 0 atom stereocenters. The summed E-state index contributed by atoms with van der Waals surface area (Å²) in [5.74, 6) is 3.10. The Hall–Kier alpha value is -2.00. The second kappa shape index (κ2) is 4.02. The number of nitrogens with zero attached hydrogens (tertiary/aromatic N) is 2. The Bertz CT molecular complexity index is 463. The van der Waals surface area contributed by atoms with Gasteiger partial charge in [0.1, 0.15) is 11.9 Å². The summed E-state index contributed by atoms with van der Waals surface area (Å²) < 4.78 is 0. The molecular weight excluding hydrogens is 186 g/mol. The molecule has 2 rings (SSSR count). The molecule has 0 radical (unpaired) electrons. The van der Waals surface area contributed by atoms with Crippen LogP contribution in [0.5, 0.6) is 0 Å². The first kappa shape index (κ1) is 9.55. The minimum atomic E-state index is 0.403. The zero-order valence-corrected chi connectivity index (χ0v) is 8.38.